The first-order valence-corrected chi connectivity index (χ1v) is 6.72. The van der Waals surface area contributed by atoms with E-state index in [-0.39, 0.29) is 17.6 Å². The van der Waals surface area contributed by atoms with Gasteiger partial charge in [0.1, 0.15) is 0 Å². The lowest BCUT2D eigenvalue weighted by Crippen LogP contribution is -2.47. The number of hydrogen-bond acceptors (Lipinski definition) is 5. The van der Waals surface area contributed by atoms with Gasteiger partial charge in [0.25, 0.3) is 0 Å². The van der Waals surface area contributed by atoms with Gasteiger partial charge in [0.2, 0.25) is 5.91 Å². The summed E-state index contributed by atoms with van der Waals surface area (Å²) < 4.78 is 0. The highest BCUT2D eigenvalue weighted by atomic mass is 16.2. The number of ketones is 1. The number of carbonyl (C=O) groups excluding carboxylic acids is 2. The highest BCUT2D eigenvalue weighted by Gasteiger charge is 2.19. The van der Waals surface area contributed by atoms with E-state index in [9.17, 15) is 9.59 Å². The first-order chi connectivity index (χ1) is 9.38. The van der Waals surface area contributed by atoms with Crippen molar-refractivity contribution in [2.24, 2.45) is 27.9 Å². The molecule has 0 bridgehead atoms. The molecule has 20 heavy (non-hydrogen) atoms. The molecular weight excluding hydrogens is 260 g/mol. The SMILES string of the molecule is C[C@H](NC(=O)[C@H](N)CCCN=C(N)N)C(=O)CCCN. The Morgan fingerprint density at radius 2 is 1.90 bits per heavy atom. The van der Waals surface area contributed by atoms with Gasteiger partial charge in [-0.15, -0.1) is 0 Å². The number of carbonyl (C=O) groups is 2. The van der Waals surface area contributed by atoms with Crippen molar-refractivity contribution in [1.29, 1.82) is 0 Å². The summed E-state index contributed by atoms with van der Waals surface area (Å²) in [6.07, 6.45) is 2.02. The second-order valence-corrected chi connectivity index (χ2v) is 4.64. The molecule has 0 saturated carbocycles. The second-order valence-electron chi connectivity index (χ2n) is 4.64. The van der Waals surface area contributed by atoms with Gasteiger partial charge in [-0.25, -0.2) is 0 Å². The van der Waals surface area contributed by atoms with E-state index in [0.29, 0.717) is 38.8 Å². The number of nitrogens with two attached hydrogens (primary N) is 4. The third-order valence-electron chi connectivity index (χ3n) is 2.77. The summed E-state index contributed by atoms with van der Waals surface area (Å²) in [5, 5.41) is 2.60. The Hall–Kier alpha value is -1.67. The third kappa shape index (κ3) is 8.44. The lowest BCUT2D eigenvalue weighted by Gasteiger charge is -2.16. The van der Waals surface area contributed by atoms with Crippen LogP contribution < -0.4 is 28.3 Å². The van der Waals surface area contributed by atoms with Gasteiger partial charge in [-0.1, -0.05) is 0 Å². The Bertz CT molecular complexity index is 341. The number of rotatable bonds is 10. The van der Waals surface area contributed by atoms with Crippen molar-refractivity contribution in [3.05, 3.63) is 0 Å². The molecule has 1 amide bonds. The largest absolute Gasteiger partial charge is 0.370 e. The molecule has 116 valence electrons. The molecule has 0 saturated heterocycles. The van der Waals surface area contributed by atoms with E-state index in [1.54, 1.807) is 6.92 Å². The quantitative estimate of drug-likeness (QED) is 0.180. The Morgan fingerprint density at radius 3 is 2.45 bits per heavy atom. The second kappa shape index (κ2) is 10.2. The zero-order valence-electron chi connectivity index (χ0n) is 12.0. The molecule has 8 nitrogen and oxygen atoms in total. The summed E-state index contributed by atoms with van der Waals surface area (Å²) in [4.78, 5) is 27.2. The van der Waals surface area contributed by atoms with E-state index >= 15 is 0 Å². The predicted octanol–water partition coefficient (Wildman–Crippen LogP) is -1.82. The molecule has 0 aromatic carbocycles. The average molecular weight is 286 g/mol. The molecule has 0 aliphatic heterocycles. The van der Waals surface area contributed by atoms with E-state index in [4.69, 9.17) is 22.9 Å². The van der Waals surface area contributed by atoms with Crippen LogP contribution in [0.15, 0.2) is 4.99 Å². The maximum Gasteiger partial charge on any atom is 0.237 e. The summed E-state index contributed by atoms with van der Waals surface area (Å²) >= 11 is 0. The van der Waals surface area contributed by atoms with E-state index in [2.05, 4.69) is 10.3 Å². The normalized spacial score (nSPS) is 13.3. The number of nitrogens with one attached hydrogen (secondary N) is 1. The first-order valence-electron chi connectivity index (χ1n) is 6.72. The van der Waals surface area contributed by atoms with Crippen molar-refractivity contribution in [3.63, 3.8) is 0 Å². The highest BCUT2D eigenvalue weighted by molar-refractivity contribution is 5.90. The number of guanidine groups is 1. The zero-order valence-corrected chi connectivity index (χ0v) is 12.0. The van der Waals surface area contributed by atoms with Crippen LogP contribution in [-0.2, 0) is 9.59 Å². The standard InChI is InChI=1S/C12H26N6O2/c1-8(10(19)5-2-6-13)18-11(20)9(14)4-3-7-17-12(15)16/h8-9H,2-7,13-14H2,1H3,(H,18,20)(H4,15,16,17)/t8-,9+/m0/s1. The van der Waals surface area contributed by atoms with Gasteiger partial charge in [-0.05, 0) is 32.7 Å². The van der Waals surface area contributed by atoms with Crippen LogP contribution in [0, 0.1) is 0 Å². The average Bonchev–Trinajstić information content (AvgIpc) is 2.40. The van der Waals surface area contributed by atoms with Gasteiger partial charge in [0.05, 0.1) is 12.1 Å². The minimum atomic E-state index is -0.672. The van der Waals surface area contributed by atoms with Gasteiger partial charge in [-0.2, -0.15) is 0 Å². The number of nitrogens with zero attached hydrogens (tertiary/aromatic N) is 1. The van der Waals surface area contributed by atoms with Crippen molar-refractivity contribution in [3.8, 4) is 0 Å². The fourth-order valence-electron chi connectivity index (χ4n) is 1.54. The van der Waals surface area contributed by atoms with Crippen molar-refractivity contribution < 1.29 is 9.59 Å². The van der Waals surface area contributed by atoms with Crippen LogP contribution in [0.3, 0.4) is 0 Å². The molecule has 0 radical (unpaired) electrons. The van der Waals surface area contributed by atoms with E-state index < -0.39 is 12.1 Å². The fraction of sp³-hybridized carbons (Fsp3) is 0.750. The predicted molar refractivity (Wildman–Crippen MR) is 78.8 cm³/mol. The lowest BCUT2D eigenvalue weighted by molar-refractivity contribution is -0.128. The topological polar surface area (TPSA) is 163 Å². The van der Waals surface area contributed by atoms with Crippen LogP contribution in [0.4, 0.5) is 0 Å². The van der Waals surface area contributed by atoms with Gasteiger partial charge in [0.15, 0.2) is 11.7 Å². The number of hydrogen-bond donors (Lipinski definition) is 5. The lowest BCUT2D eigenvalue weighted by atomic mass is 10.1. The smallest absolute Gasteiger partial charge is 0.237 e. The van der Waals surface area contributed by atoms with Gasteiger partial charge >= 0.3 is 0 Å². The van der Waals surface area contributed by atoms with Crippen LogP contribution in [0.1, 0.15) is 32.6 Å². The highest BCUT2D eigenvalue weighted by Crippen LogP contribution is 1.99. The van der Waals surface area contributed by atoms with Crippen molar-refractivity contribution >= 4 is 17.6 Å². The molecule has 9 N–H and O–H groups in total. The number of aliphatic imine (C=N–C) groups is 1. The summed E-state index contributed by atoms with van der Waals surface area (Å²) in [7, 11) is 0. The summed E-state index contributed by atoms with van der Waals surface area (Å²) in [5.74, 6) is -0.373. The molecule has 0 aromatic rings. The van der Waals surface area contributed by atoms with Crippen LogP contribution in [0.2, 0.25) is 0 Å². The van der Waals surface area contributed by atoms with Crippen LogP contribution >= 0.6 is 0 Å². The molecule has 0 aliphatic carbocycles. The monoisotopic (exact) mass is 286 g/mol. The van der Waals surface area contributed by atoms with Gasteiger partial charge < -0.3 is 28.3 Å². The molecule has 8 heteroatoms. The van der Waals surface area contributed by atoms with E-state index in [0.717, 1.165) is 0 Å². The molecular formula is C12H26N6O2. The number of Topliss-reactive ketones (excluding diaryl/α,β-unsaturated/α-hetero) is 1. The first kappa shape index (κ1) is 18.3. The summed E-state index contributed by atoms with van der Waals surface area (Å²) in [5.41, 5.74) is 21.4. The van der Waals surface area contributed by atoms with Gasteiger partial charge in [0, 0.05) is 13.0 Å². The Balaban J connectivity index is 4.00. The van der Waals surface area contributed by atoms with Crippen LogP contribution in [0.25, 0.3) is 0 Å². The molecule has 0 fully saturated rings. The maximum absolute atomic E-state index is 11.8. The van der Waals surface area contributed by atoms with Gasteiger partial charge in [-0.3, -0.25) is 14.6 Å². The molecule has 0 heterocycles. The van der Waals surface area contributed by atoms with E-state index in [1.807, 2.05) is 0 Å². The molecule has 0 aliphatic rings. The minimum Gasteiger partial charge on any atom is -0.370 e. The van der Waals surface area contributed by atoms with Crippen LogP contribution in [0.5, 0.6) is 0 Å². The summed E-state index contributed by atoms with van der Waals surface area (Å²) in [6, 6.07) is -1.22. The molecule has 0 aromatic heterocycles. The third-order valence-corrected chi connectivity index (χ3v) is 2.77. The maximum atomic E-state index is 11.8. The Morgan fingerprint density at radius 1 is 1.25 bits per heavy atom. The molecule has 0 unspecified atom stereocenters. The van der Waals surface area contributed by atoms with Crippen molar-refractivity contribution in [2.75, 3.05) is 13.1 Å². The van der Waals surface area contributed by atoms with Crippen molar-refractivity contribution in [2.45, 2.75) is 44.7 Å². The van der Waals surface area contributed by atoms with Crippen LogP contribution in [-0.4, -0.2) is 42.8 Å². The zero-order chi connectivity index (χ0) is 15.5. The molecule has 2 atom stereocenters. The molecule has 0 spiro atoms. The van der Waals surface area contributed by atoms with Crippen molar-refractivity contribution in [1.82, 2.24) is 5.32 Å². The summed E-state index contributed by atoms with van der Waals surface area (Å²) in [6.45, 7) is 2.52. The Kier molecular flexibility index (Phi) is 9.31. The number of amides is 1. The fourth-order valence-corrected chi connectivity index (χ4v) is 1.54. The molecule has 0 rings (SSSR count). The van der Waals surface area contributed by atoms with E-state index in [1.165, 1.54) is 0 Å². The minimum absolute atomic E-state index is 0.0159. The Labute approximate surface area is 119 Å².